The lowest BCUT2D eigenvalue weighted by Crippen LogP contribution is -2.47. The number of thioether (sulfide) groups is 1. The van der Waals surface area contributed by atoms with Crippen LogP contribution in [0.1, 0.15) is 56.9 Å². The number of hydrogen-bond acceptors (Lipinski definition) is 5. The molecule has 1 aromatic rings. The molecule has 0 atom stereocenters. The molecule has 2 aliphatic heterocycles. The average Bonchev–Trinajstić information content (AvgIpc) is 2.51. The van der Waals surface area contributed by atoms with Gasteiger partial charge in [-0.1, -0.05) is 18.3 Å². The smallest absolute Gasteiger partial charge is 0.133 e. The maximum absolute atomic E-state index is 4.59. The first kappa shape index (κ1) is 16.4. The normalized spacial score (nSPS) is 28.4. The number of fused-ring (bicyclic) bond motifs is 1. The number of aromatic nitrogens is 2. The third kappa shape index (κ3) is 3.62. The lowest BCUT2D eigenvalue weighted by molar-refractivity contribution is 0.0889. The minimum absolute atomic E-state index is 0.570. The fraction of sp³-hybridized carbons (Fsp3) is 0.684. The van der Waals surface area contributed by atoms with Gasteiger partial charge in [0.1, 0.15) is 17.2 Å². The first-order chi connectivity index (χ1) is 11.8. The van der Waals surface area contributed by atoms with Crippen LogP contribution in [0.15, 0.2) is 22.8 Å². The van der Waals surface area contributed by atoms with E-state index in [0.717, 1.165) is 29.7 Å². The number of hydrogen-bond donors (Lipinski definition) is 1. The van der Waals surface area contributed by atoms with Crippen molar-refractivity contribution in [2.24, 2.45) is 0 Å². The van der Waals surface area contributed by atoms with Crippen LogP contribution in [0.5, 0.6) is 0 Å². The third-order valence-corrected chi connectivity index (χ3v) is 6.76. The van der Waals surface area contributed by atoms with Crippen molar-refractivity contribution in [2.75, 3.05) is 18.4 Å². The molecule has 0 bridgehead atoms. The molecule has 3 aliphatic rings. The molecule has 1 N–H and O–H groups in total. The zero-order valence-corrected chi connectivity index (χ0v) is 15.3. The summed E-state index contributed by atoms with van der Waals surface area (Å²) in [5.41, 5.74) is 1.31. The van der Waals surface area contributed by atoms with Gasteiger partial charge in [0.15, 0.2) is 0 Å². The zero-order chi connectivity index (χ0) is 16.4. The van der Waals surface area contributed by atoms with Crippen LogP contribution in [0, 0.1) is 0 Å². The van der Waals surface area contributed by atoms with Gasteiger partial charge in [0.25, 0.3) is 0 Å². The summed E-state index contributed by atoms with van der Waals surface area (Å²) in [6.07, 6.45) is 12.9. The van der Waals surface area contributed by atoms with E-state index in [1.165, 1.54) is 68.5 Å². The molecule has 0 amide bonds. The molecule has 130 valence electrons. The van der Waals surface area contributed by atoms with Crippen molar-refractivity contribution in [3.63, 3.8) is 0 Å². The average molecular weight is 345 g/mol. The molecule has 4 nitrogen and oxygen atoms in total. The topological polar surface area (TPSA) is 41.0 Å². The van der Waals surface area contributed by atoms with Crippen LogP contribution >= 0.6 is 11.8 Å². The van der Waals surface area contributed by atoms with Crippen LogP contribution in [-0.2, 0) is 6.42 Å². The van der Waals surface area contributed by atoms with Crippen molar-refractivity contribution < 1.29 is 0 Å². The van der Waals surface area contributed by atoms with E-state index in [-0.39, 0.29) is 0 Å². The van der Waals surface area contributed by atoms with Gasteiger partial charge in [0.2, 0.25) is 0 Å². The van der Waals surface area contributed by atoms with Gasteiger partial charge in [0, 0.05) is 17.6 Å². The molecule has 2 fully saturated rings. The molecule has 1 aromatic heterocycles. The zero-order valence-electron chi connectivity index (χ0n) is 14.5. The molecule has 0 radical (unpaired) electrons. The Bertz CT molecular complexity index is 591. The van der Waals surface area contributed by atoms with Crippen molar-refractivity contribution in [2.45, 2.75) is 74.9 Å². The Kier molecular flexibility index (Phi) is 5.09. The molecule has 1 saturated heterocycles. The first-order valence-corrected chi connectivity index (χ1v) is 10.3. The van der Waals surface area contributed by atoms with Crippen molar-refractivity contribution in [3.8, 4) is 0 Å². The van der Waals surface area contributed by atoms with E-state index in [1.807, 2.05) is 0 Å². The Labute approximate surface area is 149 Å². The molecule has 0 spiro atoms. The summed E-state index contributed by atoms with van der Waals surface area (Å²) in [5.74, 6) is 1.08. The third-order valence-electron chi connectivity index (χ3n) is 5.72. The SMILES string of the molecule is C=C1CCCCc2c(N[C@H]3CC[C@@H](N4CCC4)CC3)ncnc2S1. The molecular formula is C19H28N4S. The second-order valence-corrected chi connectivity index (χ2v) is 8.56. The van der Waals surface area contributed by atoms with Crippen molar-refractivity contribution >= 4 is 17.6 Å². The quantitative estimate of drug-likeness (QED) is 0.831. The highest BCUT2D eigenvalue weighted by molar-refractivity contribution is 8.03. The molecular weight excluding hydrogens is 316 g/mol. The molecule has 1 saturated carbocycles. The Balaban J connectivity index is 1.42. The number of likely N-dealkylation sites (tertiary alicyclic amines) is 1. The standard InChI is InChI=1S/C19H28N4S/c1-14-5-2-3-6-17-18(20-13-21-19(17)24-14)22-15-7-9-16(10-8-15)23-11-4-12-23/h13,15-16H,1-12H2,(H,20,21,22)/t15-,16+. The Morgan fingerprint density at radius 1 is 1.04 bits per heavy atom. The molecule has 1 aliphatic carbocycles. The Hall–Kier alpha value is -1.07. The highest BCUT2D eigenvalue weighted by Gasteiger charge is 2.29. The van der Waals surface area contributed by atoms with Gasteiger partial charge < -0.3 is 10.2 Å². The van der Waals surface area contributed by atoms with Crippen molar-refractivity contribution in [1.29, 1.82) is 0 Å². The second-order valence-electron chi connectivity index (χ2n) is 7.39. The van der Waals surface area contributed by atoms with E-state index < -0.39 is 0 Å². The van der Waals surface area contributed by atoms with E-state index in [0.29, 0.717) is 6.04 Å². The Morgan fingerprint density at radius 2 is 1.83 bits per heavy atom. The molecule has 24 heavy (non-hydrogen) atoms. The van der Waals surface area contributed by atoms with Gasteiger partial charge in [0.05, 0.1) is 0 Å². The monoisotopic (exact) mass is 344 g/mol. The van der Waals surface area contributed by atoms with Crippen LogP contribution in [0.2, 0.25) is 0 Å². The molecule has 5 heteroatoms. The Morgan fingerprint density at radius 3 is 2.58 bits per heavy atom. The lowest BCUT2D eigenvalue weighted by Gasteiger charge is -2.42. The summed E-state index contributed by atoms with van der Waals surface area (Å²) >= 11 is 1.74. The van der Waals surface area contributed by atoms with Crippen molar-refractivity contribution in [1.82, 2.24) is 14.9 Å². The fourth-order valence-electron chi connectivity index (χ4n) is 4.13. The number of nitrogens with one attached hydrogen (secondary N) is 1. The minimum Gasteiger partial charge on any atom is -0.367 e. The first-order valence-electron chi connectivity index (χ1n) is 9.49. The number of anilines is 1. The van der Waals surface area contributed by atoms with Gasteiger partial charge in [-0.2, -0.15) is 0 Å². The largest absolute Gasteiger partial charge is 0.367 e. The van der Waals surface area contributed by atoms with Gasteiger partial charge in [-0.15, -0.1) is 0 Å². The predicted molar refractivity (Wildman–Crippen MR) is 100 cm³/mol. The number of allylic oxidation sites excluding steroid dienone is 1. The summed E-state index contributed by atoms with van der Waals surface area (Å²) in [6, 6.07) is 1.40. The summed E-state index contributed by atoms with van der Waals surface area (Å²) in [6.45, 7) is 6.82. The van der Waals surface area contributed by atoms with Crippen molar-refractivity contribution in [3.05, 3.63) is 23.4 Å². The summed E-state index contributed by atoms with van der Waals surface area (Å²) < 4.78 is 0. The number of rotatable bonds is 3. The molecule has 0 aromatic carbocycles. The van der Waals surface area contributed by atoms with Gasteiger partial charge in [-0.3, -0.25) is 0 Å². The fourth-order valence-corrected chi connectivity index (χ4v) is 5.07. The van der Waals surface area contributed by atoms with E-state index >= 15 is 0 Å². The minimum atomic E-state index is 0.570. The van der Waals surface area contributed by atoms with Gasteiger partial charge in [-0.05, 0) is 75.8 Å². The molecule has 0 unspecified atom stereocenters. The van der Waals surface area contributed by atoms with Crippen LogP contribution in [0.25, 0.3) is 0 Å². The summed E-state index contributed by atoms with van der Waals surface area (Å²) in [7, 11) is 0. The van der Waals surface area contributed by atoms with Gasteiger partial charge >= 0.3 is 0 Å². The molecule has 4 rings (SSSR count). The van der Waals surface area contributed by atoms with E-state index in [2.05, 4.69) is 26.8 Å². The van der Waals surface area contributed by atoms with Crippen LogP contribution in [0.4, 0.5) is 5.82 Å². The van der Waals surface area contributed by atoms with Gasteiger partial charge in [-0.25, -0.2) is 9.97 Å². The number of nitrogens with zero attached hydrogens (tertiary/aromatic N) is 3. The molecule has 3 heterocycles. The maximum atomic E-state index is 4.59. The maximum Gasteiger partial charge on any atom is 0.133 e. The van der Waals surface area contributed by atoms with E-state index in [1.54, 1.807) is 18.1 Å². The highest BCUT2D eigenvalue weighted by atomic mass is 32.2. The van der Waals surface area contributed by atoms with Crippen LogP contribution in [0.3, 0.4) is 0 Å². The summed E-state index contributed by atoms with van der Waals surface area (Å²) in [4.78, 5) is 13.0. The lowest BCUT2D eigenvalue weighted by atomic mass is 9.88. The van der Waals surface area contributed by atoms with Crippen LogP contribution in [-0.4, -0.2) is 40.0 Å². The van der Waals surface area contributed by atoms with Crippen LogP contribution < -0.4 is 5.32 Å². The summed E-state index contributed by atoms with van der Waals surface area (Å²) in [5, 5.41) is 4.87. The van der Waals surface area contributed by atoms with E-state index in [9.17, 15) is 0 Å². The highest BCUT2D eigenvalue weighted by Crippen LogP contribution is 2.36. The second kappa shape index (κ2) is 7.44. The predicted octanol–water partition coefficient (Wildman–Crippen LogP) is 4.24. The van der Waals surface area contributed by atoms with E-state index in [4.69, 9.17) is 0 Å².